The van der Waals surface area contributed by atoms with Crippen molar-refractivity contribution >= 4 is 28.9 Å². The van der Waals surface area contributed by atoms with E-state index in [2.05, 4.69) is 45.9 Å². The molecular formula is C40H50O7. The maximum Gasteiger partial charge on any atom is 0.190 e. The largest absolute Gasteiger partial charge is 0.507 e. The van der Waals surface area contributed by atoms with Gasteiger partial charge in [-0.25, -0.2) is 0 Å². The summed E-state index contributed by atoms with van der Waals surface area (Å²) in [5.74, 6) is -8.84. The highest BCUT2D eigenvalue weighted by Crippen LogP contribution is 2.64. The Kier molecular flexibility index (Phi) is 8.61. The molecule has 47 heavy (non-hydrogen) atoms. The highest BCUT2D eigenvalue weighted by molar-refractivity contribution is 6.32. The summed E-state index contributed by atoms with van der Waals surface area (Å²) in [6.45, 7) is 16.9. The second-order valence-corrected chi connectivity index (χ2v) is 16.6. The summed E-state index contributed by atoms with van der Waals surface area (Å²) >= 11 is 0. The van der Waals surface area contributed by atoms with Crippen molar-refractivity contribution < 1.29 is 34.2 Å². The molecule has 2 N–H and O–H groups in total. The molecule has 0 amide bonds. The minimum atomic E-state index is -2.70. The van der Waals surface area contributed by atoms with Gasteiger partial charge in [-0.2, -0.15) is 0 Å². The quantitative estimate of drug-likeness (QED) is 0.322. The lowest BCUT2D eigenvalue weighted by Crippen LogP contribution is -2.76. The summed E-state index contributed by atoms with van der Waals surface area (Å²) in [6.07, 6.45) is 4.02. The summed E-state index contributed by atoms with van der Waals surface area (Å²) in [6, 6.07) is 9.77. The zero-order chi connectivity index (χ0) is 35.0. The van der Waals surface area contributed by atoms with Crippen LogP contribution in [0.4, 0.5) is 0 Å². The normalized spacial score (nSPS) is 30.7. The standard InChI is InChI=1S/C40H50O7/c1-10-24-14-13-23(12-11-17-37(5,6)7)18-26(24)25-15-16-28(42)30-27(25)19-38(8)20-39(9)31(21(2)3)33(43)29(22(4)41)35(45)40(39,47)36(46)32(38)34(30)44/h13-16,18,21,29,31-32,42,47H,10-12,17,19-20H2,1-9H3/t29?,31?,32?,38-,39-,40+/m1/s1. The molecule has 0 bridgehead atoms. The molecular weight excluding hydrogens is 592 g/mol. The highest BCUT2D eigenvalue weighted by atomic mass is 16.3. The van der Waals surface area contributed by atoms with E-state index >= 15 is 0 Å². The molecule has 2 aromatic carbocycles. The molecule has 3 unspecified atom stereocenters. The lowest BCUT2D eigenvalue weighted by atomic mass is 9.40. The maximum absolute atomic E-state index is 14.6. The molecule has 3 aliphatic rings. The van der Waals surface area contributed by atoms with Gasteiger partial charge in [0.05, 0.1) is 11.5 Å². The lowest BCUT2D eigenvalue weighted by molar-refractivity contribution is -0.205. The fourth-order valence-electron chi connectivity index (χ4n) is 9.55. The SMILES string of the molecule is CCc1ccc(CCCC(C)(C)C)cc1-c1ccc(O)c2c1C[C@]1(C)C[C@]3(C)C(C(C)C)C(=O)C(C(C)=O)C(=O)[C@]3(O)C(=O)C1C2=O. The van der Waals surface area contributed by atoms with Crippen LogP contribution in [0.25, 0.3) is 11.1 Å². The van der Waals surface area contributed by atoms with Gasteiger partial charge in [-0.15, -0.1) is 0 Å². The summed E-state index contributed by atoms with van der Waals surface area (Å²) in [5.41, 5.74) is -0.358. The fraction of sp³-hybridized carbons (Fsp3) is 0.575. The zero-order valence-electron chi connectivity index (χ0n) is 29.4. The Morgan fingerprint density at radius 3 is 2.23 bits per heavy atom. The van der Waals surface area contributed by atoms with Crippen LogP contribution in [0.3, 0.4) is 0 Å². The number of aromatic hydroxyl groups is 1. The molecule has 2 saturated carbocycles. The number of aliphatic hydroxyl groups is 1. The van der Waals surface area contributed by atoms with Crippen molar-refractivity contribution in [1.29, 1.82) is 0 Å². The summed E-state index contributed by atoms with van der Waals surface area (Å²) in [5, 5.41) is 23.4. The van der Waals surface area contributed by atoms with Crippen molar-refractivity contribution in [2.24, 2.45) is 39.9 Å². The molecule has 7 heteroatoms. The molecule has 7 nitrogen and oxygen atoms in total. The molecule has 0 radical (unpaired) electrons. The molecule has 5 rings (SSSR count). The Morgan fingerprint density at radius 1 is 1.00 bits per heavy atom. The molecule has 0 aliphatic heterocycles. The minimum Gasteiger partial charge on any atom is -0.507 e. The average Bonchev–Trinajstić information content (AvgIpc) is 2.94. The van der Waals surface area contributed by atoms with Crippen molar-refractivity contribution in [3.63, 3.8) is 0 Å². The van der Waals surface area contributed by atoms with Crippen molar-refractivity contribution in [3.8, 4) is 16.9 Å². The Balaban J connectivity index is 1.67. The van der Waals surface area contributed by atoms with Gasteiger partial charge >= 0.3 is 0 Å². The van der Waals surface area contributed by atoms with Crippen molar-refractivity contribution in [3.05, 3.63) is 52.6 Å². The number of rotatable bonds is 7. The third-order valence-electron chi connectivity index (χ3n) is 11.5. The Hall–Kier alpha value is -3.45. The molecule has 0 spiro atoms. The highest BCUT2D eigenvalue weighted by Gasteiger charge is 2.76. The fourth-order valence-corrected chi connectivity index (χ4v) is 9.55. The number of carbonyl (C=O) groups excluding carboxylic acids is 5. The predicted molar refractivity (Wildman–Crippen MR) is 180 cm³/mol. The van der Waals surface area contributed by atoms with Gasteiger partial charge in [-0.1, -0.05) is 79.7 Å². The van der Waals surface area contributed by atoms with E-state index < -0.39 is 63.1 Å². The van der Waals surface area contributed by atoms with E-state index in [1.807, 2.05) is 13.0 Å². The predicted octanol–water partition coefficient (Wildman–Crippen LogP) is 6.69. The van der Waals surface area contributed by atoms with Gasteiger partial charge in [0.25, 0.3) is 0 Å². The van der Waals surface area contributed by atoms with Crippen LogP contribution in [0.5, 0.6) is 5.75 Å². The number of hydrogen-bond donors (Lipinski definition) is 2. The van der Waals surface area contributed by atoms with Gasteiger partial charge in [0.15, 0.2) is 28.7 Å². The number of ketones is 5. The van der Waals surface area contributed by atoms with Crippen LogP contribution >= 0.6 is 0 Å². The van der Waals surface area contributed by atoms with Crippen LogP contribution in [0.2, 0.25) is 0 Å². The smallest absolute Gasteiger partial charge is 0.190 e. The van der Waals surface area contributed by atoms with Crippen LogP contribution in [0, 0.1) is 39.9 Å². The van der Waals surface area contributed by atoms with Crippen molar-refractivity contribution in [1.82, 2.24) is 0 Å². The summed E-state index contributed by atoms with van der Waals surface area (Å²) < 4.78 is 0. The van der Waals surface area contributed by atoms with Crippen LogP contribution in [0.1, 0.15) is 109 Å². The minimum absolute atomic E-state index is 0.0333. The number of phenols is 1. The lowest BCUT2D eigenvalue weighted by Gasteiger charge is -2.61. The van der Waals surface area contributed by atoms with Gasteiger partial charge in [-0.3, -0.25) is 24.0 Å². The number of aryl methyl sites for hydroxylation is 2. The van der Waals surface area contributed by atoms with Gasteiger partial charge < -0.3 is 10.2 Å². The van der Waals surface area contributed by atoms with Crippen molar-refractivity contribution in [2.45, 2.75) is 106 Å². The number of fused-ring (bicyclic) bond motifs is 3. The first kappa shape index (κ1) is 34.9. The van der Waals surface area contributed by atoms with Crippen LogP contribution < -0.4 is 0 Å². The number of phenolic OH excluding ortho intramolecular Hbond substituents is 1. The van der Waals surface area contributed by atoms with E-state index in [9.17, 15) is 34.2 Å². The van der Waals surface area contributed by atoms with Gasteiger partial charge in [0.1, 0.15) is 17.5 Å². The van der Waals surface area contributed by atoms with Gasteiger partial charge in [0, 0.05) is 11.3 Å². The topological polar surface area (TPSA) is 126 Å². The summed E-state index contributed by atoms with van der Waals surface area (Å²) in [4.78, 5) is 69.4. The third-order valence-corrected chi connectivity index (χ3v) is 11.5. The monoisotopic (exact) mass is 642 g/mol. The van der Waals surface area contributed by atoms with E-state index in [1.165, 1.54) is 11.6 Å². The van der Waals surface area contributed by atoms with E-state index in [-0.39, 0.29) is 35.5 Å². The average molecular weight is 643 g/mol. The molecule has 252 valence electrons. The van der Waals surface area contributed by atoms with Gasteiger partial charge in [0.2, 0.25) is 0 Å². The molecule has 2 aromatic rings. The van der Waals surface area contributed by atoms with E-state index in [0.717, 1.165) is 49.3 Å². The molecule has 0 heterocycles. The molecule has 0 aromatic heterocycles. The molecule has 3 aliphatic carbocycles. The number of carbonyl (C=O) groups is 5. The van der Waals surface area contributed by atoms with Crippen LogP contribution in [0.15, 0.2) is 30.3 Å². The summed E-state index contributed by atoms with van der Waals surface area (Å²) in [7, 11) is 0. The second-order valence-electron chi connectivity index (χ2n) is 16.6. The Morgan fingerprint density at radius 2 is 1.66 bits per heavy atom. The first-order chi connectivity index (χ1) is 21.7. The first-order valence-electron chi connectivity index (χ1n) is 17.1. The molecule has 0 saturated heterocycles. The second kappa shape index (κ2) is 11.6. The number of hydrogen-bond acceptors (Lipinski definition) is 7. The Labute approximate surface area is 278 Å². The van der Waals surface area contributed by atoms with Crippen LogP contribution in [-0.4, -0.2) is 44.7 Å². The first-order valence-corrected chi connectivity index (χ1v) is 17.1. The maximum atomic E-state index is 14.6. The third kappa shape index (κ3) is 5.24. The van der Waals surface area contributed by atoms with Crippen LogP contribution in [-0.2, 0) is 38.4 Å². The van der Waals surface area contributed by atoms with E-state index in [0.29, 0.717) is 5.56 Å². The molecule has 2 fully saturated rings. The zero-order valence-corrected chi connectivity index (χ0v) is 29.4. The van der Waals surface area contributed by atoms with E-state index in [4.69, 9.17) is 0 Å². The Bertz CT molecular complexity index is 1690. The molecule has 6 atom stereocenters. The van der Waals surface area contributed by atoms with E-state index in [1.54, 1.807) is 20.8 Å². The van der Waals surface area contributed by atoms with Gasteiger partial charge in [-0.05, 0) is 96.1 Å². The van der Waals surface area contributed by atoms with Crippen molar-refractivity contribution in [2.75, 3.05) is 0 Å². The number of benzene rings is 2. The number of Topliss-reactive ketones (excluding diaryl/α,β-unsaturated/α-hetero) is 5.